The SMILES string of the molecule is CCOC(=O)/C=C/c1cc(C(C)C)c2c(c1O)C(O)=C1C(=O)[C@]3(O)C(O)=C(C(N)=O)C(=O)[C@@H](N(C)C)[C@@H]3C[C@@H]1C2. The van der Waals surface area contributed by atoms with Gasteiger partial charge in [-0.1, -0.05) is 13.8 Å². The van der Waals surface area contributed by atoms with Gasteiger partial charge in [0.25, 0.3) is 5.91 Å². The number of Topliss-reactive ketones (excluding diaryl/α,β-unsaturated/α-hetero) is 2. The number of ketones is 2. The van der Waals surface area contributed by atoms with Gasteiger partial charge in [0, 0.05) is 23.1 Å². The molecule has 214 valence electrons. The molecule has 0 radical (unpaired) electrons. The average molecular weight is 555 g/mol. The summed E-state index contributed by atoms with van der Waals surface area (Å²) in [6, 6.07) is 0.555. The van der Waals surface area contributed by atoms with Crippen LogP contribution >= 0.6 is 0 Å². The number of aliphatic hydroxyl groups is 3. The second kappa shape index (κ2) is 10.2. The molecule has 0 spiro atoms. The second-order valence-electron chi connectivity index (χ2n) is 11.0. The van der Waals surface area contributed by atoms with Gasteiger partial charge in [-0.05, 0) is 69.0 Å². The Morgan fingerprint density at radius 2 is 1.88 bits per heavy atom. The van der Waals surface area contributed by atoms with Crippen molar-refractivity contribution in [3.05, 3.63) is 51.3 Å². The lowest BCUT2D eigenvalue weighted by molar-refractivity contribution is -0.153. The molecule has 1 amide bonds. The lowest BCUT2D eigenvalue weighted by Gasteiger charge is -2.50. The van der Waals surface area contributed by atoms with Crippen LogP contribution < -0.4 is 5.73 Å². The predicted octanol–water partition coefficient (Wildman–Crippen LogP) is 1.66. The molecule has 1 saturated carbocycles. The van der Waals surface area contributed by atoms with Gasteiger partial charge in [0.1, 0.15) is 22.8 Å². The van der Waals surface area contributed by atoms with E-state index in [9.17, 15) is 39.6 Å². The van der Waals surface area contributed by atoms with Crippen LogP contribution in [0.15, 0.2) is 29.0 Å². The molecule has 3 aliphatic rings. The summed E-state index contributed by atoms with van der Waals surface area (Å²) in [7, 11) is 3.10. The molecular formula is C29H34N2O9. The Morgan fingerprint density at radius 3 is 2.42 bits per heavy atom. The van der Waals surface area contributed by atoms with E-state index in [4.69, 9.17) is 10.5 Å². The van der Waals surface area contributed by atoms with Crippen LogP contribution in [0, 0.1) is 11.8 Å². The van der Waals surface area contributed by atoms with Crippen molar-refractivity contribution in [1.82, 2.24) is 4.90 Å². The van der Waals surface area contributed by atoms with Crippen molar-refractivity contribution in [2.24, 2.45) is 17.6 Å². The maximum atomic E-state index is 14.0. The number of likely N-dealkylation sites (N-methyl/N-ethyl adjacent to an activating group) is 1. The third kappa shape index (κ3) is 4.20. The summed E-state index contributed by atoms with van der Waals surface area (Å²) >= 11 is 0. The van der Waals surface area contributed by atoms with E-state index < -0.39 is 64.0 Å². The summed E-state index contributed by atoms with van der Waals surface area (Å²) in [6.45, 7) is 5.66. The number of aromatic hydroxyl groups is 1. The number of hydrogen-bond acceptors (Lipinski definition) is 10. The molecule has 0 aliphatic heterocycles. The molecule has 0 saturated heterocycles. The molecule has 4 atom stereocenters. The number of nitrogens with zero attached hydrogens (tertiary/aromatic N) is 1. The highest BCUT2D eigenvalue weighted by atomic mass is 16.5. The van der Waals surface area contributed by atoms with E-state index >= 15 is 0 Å². The van der Waals surface area contributed by atoms with Crippen LogP contribution in [0.4, 0.5) is 0 Å². The number of carbonyl (C=O) groups excluding carboxylic acids is 4. The van der Waals surface area contributed by atoms with Gasteiger partial charge >= 0.3 is 5.97 Å². The van der Waals surface area contributed by atoms with Crippen LogP contribution in [-0.2, 0) is 30.3 Å². The number of phenolic OH excluding ortho intramolecular Hbond substituents is 1. The average Bonchev–Trinajstić information content (AvgIpc) is 2.85. The first-order valence-electron chi connectivity index (χ1n) is 13.1. The number of hydrogen-bond donors (Lipinski definition) is 5. The Bertz CT molecular complexity index is 1420. The summed E-state index contributed by atoms with van der Waals surface area (Å²) in [4.78, 5) is 52.7. The van der Waals surface area contributed by atoms with Gasteiger partial charge in [0.15, 0.2) is 11.4 Å². The van der Waals surface area contributed by atoms with Crippen molar-refractivity contribution in [2.75, 3.05) is 20.7 Å². The number of nitrogens with two attached hydrogens (primary N) is 1. The molecular weight excluding hydrogens is 520 g/mol. The summed E-state index contributed by atoms with van der Waals surface area (Å²) in [6.07, 6.45) is 2.68. The molecule has 1 aromatic rings. The van der Waals surface area contributed by atoms with Crippen molar-refractivity contribution in [3.8, 4) is 5.75 Å². The normalized spacial score (nSPS) is 26.4. The Labute approximate surface area is 231 Å². The molecule has 0 bridgehead atoms. The first kappa shape index (κ1) is 29.0. The van der Waals surface area contributed by atoms with E-state index in [1.807, 2.05) is 13.8 Å². The number of ether oxygens (including phenoxy) is 1. The van der Waals surface area contributed by atoms with E-state index in [1.54, 1.807) is 27.1 Å². The maximum Gasteiger partial charge on any atom is 0.330 e. The molecule has 6 N–H and O–H groups in total. The fraction of sp³-hybridized carbons (Fsp3) is 0.448. The van der Waals surface area contributed by atoms with E-state index in [0.29, 0.717) is 5.56 Å². The van der Waals surface area contributed by atoms with Gasteiger partial charge in [0.2, 0.25) is 5.78 Å². The van der Waals surface area contributed by atoms with E-state index in [2.05, 4.69) is 0 Å². The number of carbonyl (C=O) groups is 4. The lowest BCUT2D eigenvalue weighted by Crippen LogP contribution is -2.65. The van der Waals surface area contributed by atoms with Gasteiger partial charge in [-0.15, -0.1) is 0 Å². The zero-order chi connectivity index (χ0) is 29.8. The third-order valence-corrected chi connectivity index (χ3v) is 8.09. The number of esters is 1. The Balaban J connectivity index is 1.96. The number of fused-ring (bicyclic) bond motifs is 3. The molecule has 3 aliphatic carbocycles. The Hall–Kier alpha value is -3.96. The van der Waals surface area contributed by atoms with Gasteiger partial charge < -0.3 is 30.9 Å². The predicted molar refractivity (Wildman–Crippen MR) is 144 cm³/mol. The number of rotatable bonds is 6. The van der Waals surface area contributed by atoms with E-state index in [1.165, 1.54) is 11.0 Å². The van der Waals surface area contributed by atoms with Crippen molar-refractivity contribution in [1.29, 1.82) is 0 Å². The molecule has 1 fully saturated rings. The Morgan fingerprint density at radius 1 is 1.23 bits per heavy atom. The minimum Gasteiger partial charge on any atom is -0.508 e. The van der Waals surface area contributed by atoms with Gasteiger partial charge in [0.05, 0.1) is 18.2 Å². The van der Waals surface area contributed by atoms with Gasteiger partial charge in [-0.25, -0.2) is 4.79 Å². The molecule has 4 rings (SSSR count). The van der Waals surface area contributed by atoms with Crippen LogP contribution in [0.1, 0.15) is 55.4 Å². The number of benzene rings is 1. The van der Waals surface area contributed by atoms with Gasteiger partial charge in [-0.2, -0.15) is 0 Å². The molecule has 0 unspecified atom stereocenters. The first-order valence-corrected chi connectivity index (χ1v) is 13.1. The number of amides is 1. The first-order chi connectivity index (χ1) is 18.7. The number of phenols is 1. The number of aliphatic hydroxyl groups excluding tert-OH is 2. The van der Waals surface area contributed by atoms with Crippen LogP contribution in [0.3, 0.4) is 0 Å². The Kier molecular flexibility index (Phi) is 7.42. The largest absolute Gasteiger partial charge is 0.508 e. The minimum atomic E-state index is -2.71. The highest BCUT2D eigenvalue weighted by Crippen LogP contribution is 2.53. The zero-order valence-electron chi connectivity index (χ0n) is 23.0. The van der Waals surface area contributed by atoms with Crippen molar-refractivity contribution in [3.63, 3.8) is 0 Å². The van der Waals surface area contributed by atoms with Crippen molar-refractivity contribution in [2.45, 2.75) is 51.2 Å². The van der Waals surface area contributed by atoms with Crippen LogP contribution in [0.25, 0.3) is 11.8 Å². The topological polar surface area (TPSA) is 188 Å². The summed E-state index contributed by atoms with van der Waals surface area (Å²) in [5, 5.41) is 45.4. The van der Waals surface area contributed by atoms with Crippen LogP contribution in [0.5, 0.6) is 5.75 Å². The molecule has 1 aromatic carbocycles. The highest BCUT2D eigenvalue weighted by Gasteiger charge is 2.64. The molecule has 11 nitrogen and oxygen atoms in total. The number of primary amides is 1. The van der Waals surface area contributed by atoms with Gasteiger partial charge in [-0.3, -0.25) is 19.3 Å². The van der Waals surface area contributed by atoms with Crippen molar-refractivity contribution < 1.29 is 44.3 Å². The lowest BCUT2D eigenvalue weighted by atomic mass is 9.57. The highest BCUT2D eigenvalue weighted by molar-refractivity contribution is 6.24. The molecule has 11 heteroatoms. The summed E-state index contributed by atoms with van der Waals surface area (Å²) in [5.41, 5.74) is 3.09. The van der Waals surface area contributed by atoms with E-state index in [0.717, 1.165) is 11.6 Å². The van der Waals surface area contributed by atoms with Crippen LogP contribution in [-0.4, -0.2) is 81.1 Å². The fourth-order valence-electron chi connectivity index (χ4n) is 6.35. The fourth-order valence-corrected chi connectivity index (χ4v) is 6.35. The monoisotopic (exact) mass is 554 g/mol. The van der Waals surface area contributed by atoms with Crippen molar-refractivity contribution >= 4 is 35.3 Å². The third-order valence-electron chi connectivity index (χ3n) is 8.09. The molecule has 0 heterocycles. The smallest absolute Gasteiger partial charge is 0.330 e. The standard InChI is InChI=1S/C29H34N2O9/c1-6-40-18(32)8-7-13-9-15(12(2)3)16-10-14-11-17-22(31(4)5)25(35)21(28(30)38)27(37)29(17,39)26(36)19(14)24(34)20(16)23(13)33/h7-9,12,14,17,22,33-34,37,39H,6,10-11H2,1-5H3,(H2,30,38)/b8-7+/t14-,17-,22-,29-/m0/s1. The summed E-state index contributed by atoms with van der Waals surface area (Å²) < 4.78 is 4.90. The second-order valence-corrected chi connectivity index (χ2v) is 11.0. The molecule has 40 heavy (non-hydrogen) atoms. The summed E-state index contributed by atoms with van der Waals surface area (Å²) in [5.74, 6) is -7.79. The minimum absolute atomic E-state index is 0.00850. The maximum absolute atomic E-state index is 14.0. The zero-order valence-corrected chi connectivity index (χ0v) is 23.0. The quantitative estimate of drug-likeness (QED) is 0.197. The van der Waals surface area contributed by atoms with Crippen LogP contribution in [0.2, 0.25) is 0 Å². The van der Waals surface area contributed by atoms with E-state index in [-0.39, 0.29) is 47.8 Å². The molecule has 0 aromatic heterocycles.